The normalized spacial score (nSPS) is 12.0. The molecule has 1 aromatic carbocycles. The van der Waals surface area contributed by atoms with Crippen LogP contribution in [0.25, 0.3) is 27.3 Å². The summed E-state index contributed by atoms with van der Waals surface area (Å²) in [5.41, 5.74) is 1.72. The molecular formula is C18H12F3N3S. The van der Waals surface area contributed by atoms with Gasteiger partial charge in [-0.2, -0.15) is 18.3 Å². The van der Waals surface area contributed by atoms with Gasteiger partial charge in [-0.1, -0.05) is 36.4 Å². The molecule has 0 N–H and O–H groups in total. The molecule has 0 saturated heterocycles. The van der Waals surface area contributed by atoms with Crippen molar-refractivity contribution in [3.8, 4) is 21.7 Å². The summed E-state index contributed by atoms with van der Waals surface area (Å²) in [7, 11) is 0. The molecule has 4 aromatic rings. The minimum Gasteiger partial charge on any atom is -0.223 e. The molecule has 25 heavy (non-hydrogen) atoms. The van der Waals surface area contributed by atoms with Gasteiger partial charge in [-0.25, -0.2) is 9.50 Å². The number of aromatic nitrogens is 3. The van der Waals surface area contributed by atoms with E-state index in [4.69, 9.17) is 0 Å². The molecule has 4 rings (SSSR count). The zero-order valence-electron chi connectivity index (χ0n) is 13.1. The van der Waals surface area contributed by atoms with Gasteiger partial charge in [0, 0.05) is 5.56 Å². The minimum absolute atomic E-state index is 0.210. The second kappa shape index (κ2) is 5.70. The number of hydrogen-bond donors (Lipinski definition) is 0. The van der Waals surface area contributed by atoms with E-state index in [9.17, 15) is 13.2 Å². The van der Waals surface area contributed by atoms with Gasteiger partial charge >= 0.3 is 6.18 Å². The third-order valence-electron chi connectivity index (χ3n) is 3.89. The molecule has 0 aliphatic rings. The Morgan fingerprint density at radius 1 is 1.04 bits per heavy atom. The van der Waals surface area contributed by atoms with Crippen molar-refractivity contribution < 1.29 is 13.2 Å². The van der Waals surface area contributed by atoms with Crippen LogP contribution in [0.15, 0.2) is 53.9 Å². The van der Waals surface area contributed by atoms with Crippen LogP contribution < -0.4 is 0 Å². The van der Waals surface area contributed by atoms with Crippen LogP contribution in [0.4, 0.5) is 13.2 Å². The molecule has 0 fully saturated rings. The summed E-state index contributed by atoms with van der Waals surface area (Å²) in [5, 5.41) is 6.28. The number of benzene rings is 1. The van der Waals surface area contributed by atoms with Gasteiger partial charge in [0.2, 0.25) is 0 Å². The predicted molar refractivity (Wildman–Crippen MR) is 91.5 cm³/mol. The molecule has 0 spiro atoms. The van der Waals surface area contributed by atoms with E-state index in [1.54, 1.807) is 19.1 Å². The van der Waals surface area contributed by atoms with Gasteiger partial charge in [-0.3, -0.25) is 0 Å². The molecule has 0 amide bonds. The minimum atomic E-state index is -4.53. The fourth-order valence-corrected chi connectivity index (χ4v) is 3.54. The summed E-state index contributed by atoms with van der Waals surface area (Å²) < 4.78 is 41.7. The fraction of sp³-hybridized carbons (Fsp3) is 0.111. The first-order valence-electron chi connectivity index (χ1n) is 7.52. The summed E-state index contributed by atoms with van der Waals surface area (Å²) in [6.45, 7) is 1.78. The first-order chi connectivity index (χ1) is 11.9. The van der Waals surface area contributed by atoms with Crippen LogP contribution in [0.3, 0.4) is 0 Å². The van der Waals surface area contributed by atoms with Gasteiger partial charge in [-0.15, -0.1) is 11.3 Å². The van der Waals surface area contributed by atoms with Gasteiger partial charge in [0.1, 0.15) is 5.69 Å². The highest BCUT2D eigenvalue weighted by molar-refractivity contribution is 7.13. The number of hydrogen-bond acceptors (Lipinski definition) is 3. The van der Waals surface area contributed by atoms with Gasteiger partial charge < -0.3 is 0 Å². The van der Waals surface area contributed by atoms with Crippen molar-refractivity contribution in [3.63, 3.8) is 0 Å². The number of rotatable bonds is 2. The molecule has 3 aromatic heterocycles. The monoisotopic (exact) mass is 359 g/mol. The molecule has 3 nitrogen and oxygen atoms in total. The third-order valence-corrected chi connectivity index (χ3v) is 4.78. The molecule has 0 aliphatic carbocycles. The second-order valence-electron chi connectivity index (χ2n) is 5.56. The lowest BCUT2D eigenvalue weighted by Gasteiger charge is -2.10. The number of halogens is 3. The van der Waals surface area contributed by atoms with Gasteiger partial charge in [0.05, 0.1) is 16.3 Å². The van der Waals surface area contributed by atoms with Crippen molar-refractivity contribution in [3.05, 3.63) is 65.3 Å². The topological polar surface area (TPSA) is 30.2 Å². The average molecular weight is 359 g/mol. The maximum Gasteiger partial charge on any atom is 0.433 e. The second-order valence-corrected chi connectivity index (χ2v) is 6.51. The van der Waals surface area contributed by atoms with Crippen LogP contribution in [0, 0.1) is 6.92 Å². The molecule has 126 valence electrons. The fourth-order valence-electron chi connectivity index (χ4n) is 2.81. The first-order valence-corrected chi connectivity index (χ1v) is 8.40. The van der Waals surface area contributed by atoms with E-state index >= 15 is 0 Å². The smallest absolute Gasteiger partial charge is 0.223 e. The highest BCUT2D eigenvalue weighted by Crippen LogP contribution is 2.36. The Labute approximate surface area is 145 Å². The molecule has 7 heteroatoms. The van der Waals surface area contributed by atoms with E-state index in [0.717, 1.165) is 11.6 Å². The van der Waals surface area contributed by atoms with Crippen molar-refractivity contribution >= 4 is 17.0 Å². The summed E-state index contributed by atoms with van der Waals surface area (Å²) in [6, 6.07) is 13.9. The lowest BCUT2D eigenvalue weighted by Crippen LogP contribution is -2.10. The van der Waals surface area contributed by atoms with Crippen LogP contribution in [-0.2, 0) is 6.18 Å². The Balaban J connectivity index is 2.09. The summed E-state index contributed by atoms with van der Waals surface area (Å²) in [5.74, 6) is 0. The summed E-state index contributed by atoms with van der Waals surface area (Å²) in [4.78, 5) is 4.60. The predicted octanol–water partition coefficient (Wildman–Crippen LogP) is 5.45. The van der Waals surface area contributed by atoms with Gasteiger partial charge in [-0.05, 0) is 30.0 Å². The van der Waals surface area contributed by atoms with Crippen LogP contribution >= 0.6 is 11.3 Å². The van der Waals surface area contributed by atoms with Crippen LogP contribution in [0.2, 0.25) is 0 Å². The largest absolute Gasteiger partial charge is 0.433 e. The molecule has 0 bridgehead atoms. The maximum absolute atomic E-state index is 13.4. The van der Waals surface area contributed by atoms with Crippen LogP contribution in [0.1, 0.15) is 11.4 Å². The Bertz CT molecular complexity index is 1040. The molecule has 0 aliphatic heterocycles. The Kier molecular flexibility index (Phi) is 3.61. The molecular weight excluding hydrogens is 347 g/mol. The molecule has 3 heterocycles. The summed E-state index contributed by atoms with van der Waals surface area (Å²) in [6.07, 6.45) is -4.53. The van der Waals surface area contributed by atoms with Gasteiger partial charge in [0.25, 0.3) is 0 Å². The zero-order chi connectivity index (χ0) is 17.6. The number of alkyl halides is 3. The zero-order valence-corrected chi connectivity index (χ0v) is 13.9. The highest BCUT2D eigenvalue weighted by Gasteiger charge is 2.34. The SMILES string of the molecule is Cc1nn2c(-c3cccs3)cc(C(F)(F)F)nc2c1-c1ccccc1. The Morgan fingerprint density at radius 2 is 1.80 bits per heavy atom. The average Bonchev–Trinajstić information content (AvgIpc) is 3.20. The third kappa shape index (κ3) is 2.70. The van der Waals surface area contributed by atoms with Gasteiger partial charge in [0.15, 0.2) is 5.65 Å². The number of aryl methyl sites for hydroxylation is 1. The number of thiophene rings is 1. The van der Waals surface area contributed by atoms with E-state index in [-0.39, 0.29) is 5.65 Å². The number of nitrogens with zero attached hydrogens (tertiary/aromatic N) is 3. The van der Waals surface area contributed by atoms with Crippen molar-refractivity contribution in [1.29, 1.82) is 0 Å². The standard InChI is InChI=1S/C18H12F3N3S/c1-11-16(12-6-3-2-4-7-12)17-22-15(18(19,20)21)10-13(24(17)23-11)14-8-5-9-25-14/h2-10H,1H3. The summed E-state index contributed by atoms with van der Waals surface area (Å²) >= 11 is 1.37. The lowest BCUT2D eigenvalue weighted by atomic mass is 10.1. The van der Waals surface area contributed by atoms with Crippen molar-refractivity contribution in [2.24, 2.45) is 0 Å². The van der Waals surface area contributed by atoms with Crippen molar-refractivity contribution in [2.75, 3.05) is 0 Å². The van der Waals surface area contributed by atoms with E-state index in [2.05, 4.69) is 10.1 Å². The molecule has 0 radical (unpaired) electrons. The van der Waals surface area contributed by atoms with E-state index in [1.165, 1.54) is 15.9 Å². The molecule has 0 atom stereocenters. The Morgan fingerprint density at radius 3 is 2.44 bits per heavy atom. The first kappa shape index (κ1) is 15.8. The van der Waals surface area contributed by atoms with E-state index in [1.807, 2.05) is 35.7 Å². The van der Waals surface area contributed by atoms with Crippen molar-refractivity contribution in [1.82, 2.24) is 14.6 Å². The number of fused-ring (bicyclic) bond motifs is 1. The van der Waals surface area contributed by atoms with E-state index in [0.29, 0.717) is 21.8 Å². The molecule has 0 unspecified atom stereocenters. The molecule has 0 saturated carbocycles. The lowest BCUT2D eigenvalue weighted by molar-refractivity contribution is -0.141. The highest BCUT2D eigenvalue weighted by atomic mass is 32.1. The Hall–Kier alpha value is -2.67. The van der Waals surface area contributed by atoms with Crippen molar-refractivity contribution in [2.45, 2.75) is 13.1 Å². The van der Waals surface area contributed by atoms with Crippen LogP contribution in [0.5, 0.6) is 0 Å². The van der Waals surface area contributed by atoms with E-state index < -0.39 is 11.9 Å². The quantitative estimate of drug-likeness (QED) is 0.476. The maximum atomic E-state index is 13.4. The van der Waals surface area contributed by atoms with Crippen LogP contribution in [-0.4, -0.2) is 14.6 Å².